The third-order valence-electron chi connectivity index (χ3n) is 4.06. The van der Waals surface area contributed by atoms with Crippen molar-refractivity contribution in [3.05, 3.63) is 24.0 Å². The number of aromatic nitrogens is 1. The highest BCUT2D eigenvalue weighted by molar-refractivity contribution is 5.44. The fraction of sp³-hybridized carbons (Fsp3) is 0.667. The topological polar surface area (TPSA) is 63.4 Å². The maximum Gasteiger partial charge on any atom is 0.0858 e. The molecular formula is C15H26N4O. The van der Waals surface area contributed by atoms with Crippen LogP contribution in [0, 0.1) is 0 Å². The number of nitrogens with two attached hydrogens (primary N) is 1. The van der Waals surface area contributed by atoms with E-state index < -0.39 is 0 Å². The first-order valence-electron chi connectivity index (χ1n) is 7.33. The molecule has 0 saturated carbocycles. The van der Waals surface area contributed by atoms with Crippen LogP contribution in [0.3, 0.4) is 0 Å². The summed E-state index contributed by atoms with van der Waals surface area (Å²) in [6, 6.07) is 2.66. The molecule has 0 spiro atoms. The molecule has 3 N–H and O–H groups in total. The lowest BCUT2D eigenvalue weighted by Crippen LogP contribution is -2.53. The second-order valence-electron chi connectivity index (χ2n) is 5.67. The Bertz CT molecular complexity index is 424. The number of rotatable bonds is 5. The Morgan fingerprint density at radius 1 is 1.55 bits per heavy atom. The number of nitrogen functional groups attached to an aromatic ring is 1. The second-order valence-corrected chi connectivity index (χ2v) is 5.67. The maximum atomic E-state index is 6.01. The zero-order chi connectivity index (χ0) is 14.5. The third kappa shape index (κ3) is 3.69. The van der Waals surface area contributed by atoms with Crippen LogP contribution in [0.4, 0.5) is 5.69 Å². The monoisotopic (exact) mass is 278 g/mol. The average molecular weight is 278 g/mol. The van der Waals surface area contributed by atoms with Gasteiger partial charge < -0.3 is 15.8 Å². The predicted octanol–water partition coefficient (Wildman–Crippen LogP) is 0.904. The summed E-state index contributed by atoms with van der Waals surface area (Å²) < 4.78 is 5.96. The number of nitrogens with zero attached hydrogens (tertiary/aromatic N) is 2. The van der Waals surface area contributed by atoms with Gasteiger partial charge in [0.15, 0.2) is 0 Å². The summed E-state index contributed by atoms with van der Waals surface area (Å²) in [5.74, 6) is 0. The molecule has 0 radical (unpaired) electrons. The molecule has 5 heteroatoms. The van der Waals surface area contributed by atoms with E-state index in [2.05, 4.69) is 29.0 Å². The highest BCUT2D eigenvalue weighted by atomic mass is 16.5. The number of ether oxygens (including phenoxy) is 1. The van der Waals surface area contributed by atoms with E-state index >= 15 is 0 Å². The van der Waals surface area contributed by atoms with Crippen LogP contribution in [0.5, 0.6) is 0 Å². The number of pyridine rings is 1. The van der Waals surface area contributed by atoms with Crippen molar-refractivity contribution < 1.29 is 4.74 Å². The molecule has 1 aliphatic rings. The first kappa shape index (κ1) is 15.2. The molecule has 2 atom stereocenters. The van der Waals surface area contributed by atoms with Crippen LogP contribution in [0.1, 0.15) is 19.4 Å². The number of likely N-dealkylation sites (N-methyl/N-ethyl adjacent to an activating group) is 1. The van der Waals surface area contributed by atoms with Crippen molar-refractivity contribution in [1.82, 2.24) is 15.2 Å². The third-order valence-corrected chi connectivity index (χ3v) is 4.06. The molecule has 2 heterocycles. The maximum absolute atomic E-state index is 6.01. The smallest absolute Gasteiger partial charge is 0.0858 e. The van der Waals surface area contributed by atoms with E-state index in [4.69, 9.17) is 10.5 Å². The zero-order valence-electron chi connectivity index (χ0n) is 12.7. The number of morpholine rings is 1. The van der Waals surface area contributed by atoms with Crippen molar-refractivity contribution in [1.29, 1.82) is 0 Å². The van der Waals surface area contributed by atoms with Crippen LogP contribution in [-0.2, 0) is 11.2 Å². The van der Waals surface area contributed by atoms with Gasteiger partial charge in [0.1, 0.15) is 0 Å². The Labute approximate surface area is 121 Å². The minimum Gasteiger partial charge on any atom is -0.398 e. The van der Waals surface area contributed by atoms with Crippen molar-refractivity contribution in [3.63, 3.8) is 0 Å². The molecule has 0 aliphatic carbocycles. The molecule has 2 unspecified atom stereocenters. The highest BCUT2D eigenvalue weighted by Gasteiger charge is 2.28. The molecule has 112 valence electrons. The number of nitrogens with one attached hydrogen (secondary N) is 1. The van der Waals surface area contributed by atoms with E-state index in [1.165, 1.54) is 0 Å². The second kappa shape index (κ2) is 7.02. The van der Waals surface area contributed by atoms with E-state index in [-0.39, 0.29) is 12.1 Å². The fourth-order valence-corrected chi connectivity index (χ4v) is 2.67. The van der Waals surface area contributed by atoms with Gasteiger partial charge in [-0.3, -0.25) is 9.88 Å². The van der Waals surface area contributed by atoms with Crippen molar-refractivity contribution in [2.45, 2.75) is 38.5 Å². The van der Waals surface area contributed by atoms with E-state index in [1.807, 2.05) is 19.3 Å². The molecule has 5 nitrogen and oxygen atoms in total. The first-order chi connectivity index (χ1) is 9.61. The summed E-state index contributed by atoms with van der Waals surface area (Å²) in [4.78, 5) is 6.63. The predicted molar refractivity (Wildman–Crippen MR) is 81.7 cm³/mol. The number of hydrogen-bond donors (Lipinski definition) is 2. The molecule has 1 aromatic heterocycles. The number of anilines is 1. The number of hydrogen-bond acceptors (Lipinski definition) is 5. The van der Waals surface area contributed by atoms with Gasteiger partial charge in [0.25, 0.3) is 0 Å². The van der Waals surface area contributed by atoms with Crippen molar-refractivity contribution >= 4 is 5.69 Å². The fourth-order valence-electron chi connectivity index (χ4n) is 2.67. The van der Waals surface area contributed by atoms with Crippen LogP contribution < -0.4 is 11.1 Å². The quantitative estimate of drug-likeness (QED) is 0.838. The van der Waals surface area contributed by atoms with E-state index in [0.29, 0.717) is 6.04 Å². The van der Waals surface area contributed by atoms with Gasteiger partial charge in [-0.15, -0.1) is 0 Å². The van der Waals surface area contributed by atoms with E-state index in [1.54, 1.807) is 6.20 Å². The Morgan fingerprint density at radius 2 is 2.35 bits per heavy atom. The summed E-state index contributed by atoms with van der Waals surface area (Å²) in [6.07, 6.45) is 4.61. The first-order valence-corrected chi connectivity index (χ1v) is 7.33. The largest absolute Gasteiger partial charge is 0.398 e. The normalized spacial score (nSPS) is 22.1. The van der Waals surface area contributed by atoms with Crippen LogP contribution in [0.15, 0.2) is 18.5 Å². The van der Waals surface area contributed by atoms with Gasteiger partial charge in [-0.1, -0.05) is 0 Å². The van der Waals surface area contributed by atoms with Crippen molar-refractivity contribution in [2.75, 3.05) is 32.5 Å². The molecule has 0 amide bonds. The molecule has 2 rings (SSSR count). The van der Waals surface area contributed by atoms with Gasteiger partial charge in [0, 0.05) is 43.3 Å². The van der Waals surface area contributed by atoms with Gasteiger partial charge >= 0.3 is 0 Å². The Balaban J connectivity index is 2.03. The summed E-state index contributed by atoms with van der Waals surface area (Å²) in [5.41, 5.74) is 7.89. The Hall–Kier alpha value is -1.17. The van der Waals surface area contributed by atoms with Crippen LogP contribution >= 0.6 is 0 Å². The Morgan fingerprint density at radius 3 is 3.00 bits per heavy atom. The minimum absolute atomic E-state index is 0.191. The molecule has 1 aliphatic heterocycles. The van der Waals surface area contributed by atoms with Gasteiger partial charge in [0.05, 0.1) is 12.7 Å². The van der Waals surface area contributed by atoms with Crippen molar-refractivity contribution in [2.24, 2.45) is 0 Å². The van der Waals surface area contributed by atoms with Gasteiger partial charge in [-0.2, -0.15) is 0 Å². The molecule has 20 heavy (non-hydrogen) atoms. The van der Waals surface area contributed by atoms with Crippen LogP contribution in [0.25, 0.3) is 0 Å². The molecular weight excluding hydrogens is 252 g/mol. The zero-order valence-corrected chi connectivity index (χ0v) is 12.7. The molecule has 1 fully saturated rings. The molecule has 1 saturated heterocycles. The minimum atomic E-state index is 0.191. The lowest BCUT2D eigenvalue weighted by Gasteiger charge is -2.39. The average Bonchev–Trinajstić information content (AvgIpc) is 2.46. The lowest BCUT2D eigenvalue weighted by atomic mass is 10.00. The van der Waals surface area contributed by atoms with E-state index in [9.17, 15) is 0 Å². The Kier molecular flexibility index (Phi) is 5.34. The SMILES string of the molecule is CNC(Cc1cnccc1N)C1CN(C(C)C)CCO1. The molecule has 0 bridgehead atoms. The summed E-state index contributed by atoms with van der Waals surface area (Å²) >= 11 is 0. The van der Waals surface area contributed by atoms with Gasteiger partial charge in [-0.05, 0) is 38.9 Å². The summed E-state index contributed by atoms with van der Waals surface area (Å²) in [5, 5.41) is 3.37. The molecule has 1 aromatic rings. The van der Waals surface area contributed by atoms with E-state index in [0.717, 1.165) is 37.4 Å². The van der Waals surface area contributed by atoms with Gasteiger partial charge in [-0.25, -0.2) is 0 Å². The highest BCUT2D eigenvalue weighted by Crippen LogP contribution is 2.17. The summed E-state index contributed by atoms with van der Waals surface area (Å²) in [7, 11) is 1.98. The van der Waals surface area contributed by atoms with Crippen molar-refractivity contribution in [3.8, 4) is 0 Å². The van der Waals surface area contributed by atoms with Gasteiger partial charge in [0.2, 0.25) is 0 Å². The molecule has 0 aromatic carbocycles. The van der Waals surface area contributed by atoms with Crippen LogP contribution in [0.2, 0.25) is 0 Å². The lowest BCUT2D eigenvalue weighted by molar-refractivity contribution is -0.0541. The summed E-state index contributed by atoms with van der Waals surface area (Å²) in [6.45, 7) is 7.23. The van der Waals surface area contributed by atoms with Crippen LogP contribution in [-0.4, -0.2) is 54.8 Å². The standard InChI is InChI=1S/C15H26N4O/c1-11(2)19-6-7-20-15(10-19)14(17-3)8-12-9-18-5-4-13(12)16/h4-5,9,11,14-15,17H,6-8,10H2,1-3H3,(H2,16,18).